The van der Waals surface area contributed by atoms with Gasteiger partial charge < -0.3 is 9.88 Å². The van der Waals surface area contributed by atoms with Gasteiger partial charge in [0.1, 0.15) is 5.69 Å². The molecule has 1 aromatic heterocycles. The smallest absolute Gasteiger partial charge is 0.272 e. The zero-order valence-corrected chi connectivity index (χ0v) is 16.3. The molecule has 0 aliphatic rings. The molecule has 0 saturated carbocycles. The molecule has 0 fully saturated rings. The summed E-state index contributed by atoms with van der Waals surface area (Å²) in [7, 11) is 0. The first-order chi connectivity index (χ1) is 14.0. The van der Waals surface area contributed by atoms with Crippen LogP contribution < -0.4 is 10.9 Å². The van der Waals surface area contributed by atoms with Crippen LogP contribution >= 0.6 is 0 Å². The molecule has 1 heterocycles. The van der Waals surface area contributed by atoms with E-state index in [1.165, 1.54) is 0 Å². The third kappa shape index (κ3) is 3.94. The molecular weight excluding hydrogens is 362 g/mol. The summed E-state index contributed by atoms with van der Waals surface area (Å²) in [5.41, 5.74) is 5.31. The monoisotopic (exact) mass is 383 g/mol. The number of nitrogens with one attached hydrogen (secondary N) is 1. The van der Waals surface area contributed by atoms with Crippen LogP contribution in [0, 0.1) is 13.8 Å². The van der Waals surface area contributed by atoms with Crippen LogP contribution in [0.25, 0.3) is 11.0 Å². The normalized spacial score (nSPS) is 10.8. The van der Waals surface area contributed by atoms with E-state index in [-0.39, 0.29) is 11.5 Å². The molecule has 3 aromatic carbocycles. The largest absolute Gasteiger partial charge is 0.322 e. The Labute approximate surface area is 168 Å². The minimum atomic E-state index is -0.162. The quantitative estimate of drug-likeness (QED) is 0.571. The Morgan fingerprint density at radius 1 is 0.966 bits per heavy atom. The lowest BCUT2D eigenvalue weighted by molar-refractivity contribution is 0.102. The highest BCUT2D eigenvalue weighted by molar-refractivity contribution is 6.04. The van der Waals surface area contributed by atoms with Crippen molar-refractivity contribution in [2.45, 2.75) is 20.4 Å². The van der Waals surface area contributed by atoms with Crippen LogP contribution in [-0.2, 0) is 6.54 Å². The average molecular weight is 383 g/mol. The summed E-state index contributed by atoms with van der Waals surface area (Å²) in [6.07, 6.45) is 0. The second kappa shape index (κ2) is 7.72. The number of benzene rings is 3. The fourth-order valence-electron chi connectivity index (χ4n) is 3.35. The molecule has 5 nitrogen and oxygen atoms in total. The van der Waals surface area contributed by atoms with Crippen LogP contribution in [0.3, 0.4) is 0 Å². The van der Waals surface area contributed by atoms with Crippen molar-refractivity contribution in [2.75, 3.05) is 5.32 Å². The number of aromatic nitrogens is 2. The van der Waals surface area contributed by atoms with Crippen molar-refractivity contribution in [1.29, 1.82) is 0 Å². The molecule has 0 saturated heterocycles. The third-order valence-electron chi connectivity index (χ3n) is 4.85. The van der Waals surface area contributed by atoms with E-state index < -0.39 is 0 Å². The number of hydrogen-bond donors (Lipinski definition) is 1. The highest BCUT2D eigenvalue weighted by atomic mass is 16.1. The van der Waals surface area contributed by atoms with Crippen LogP contribution in [0.1, 0.15) is 27.2 Å². The lowest BCUT2D eigenvalue weighted by atomic mass is 10.1. The summed E-state index contributed by atoms with van der Waals surface area (Å²) in [6, 6.07) is 22.6. The number of fused-ring (bicyclic) bond motifs is 1. The minimum absolute atomic E-state index is 0.107. The number of anilines is 1. The third-order valence-corrected chi connectivity index (χ3v) is 4.85. The van der Waals surface area contributed by atoms with E-state index in [0.717, 1.165) is 27.8 Å². The first-order valence-corrected chi connectivity index (χ1v) is 9.44. The van der Waals surface area contributed by atoms with Gasteiger partial charge in [-0.1, -0.05) is 36.4 Å². The number of carbonyl (C=O) groups is 1. The van der Waals surface area contributed by atoms with Gasteiger partial charge in [0.2, 0.25) is 0 Å². The average Bonchev–Trinajstić information content (AvgIpc) is 2.72. The highest BCUT2D eigenvalue weighted by Crippen LogP contribution is 2.15. The molecule has 0 spiro atoms. The summed E-state index contributed by atoms with van der Waals surface area (Å²) in [6.45, 7) is 4.13. The summed E-state index contributed by atoms with van der Waals surface area (Å²) >= 11 is 0. The van der Waals surface area contributed by atoms with Crippen molar-refractivity contribution in [2.24, 2.45) is 0 Å². The van der Waals surface area contributed by atoms with Crippen molar-refractivity contribution in [3.63, 3.8) is 0 Å². The second-order valence-corrected chi connectivity index (χ2v) is 7.10. The van der Waals surface area contributed by atoms with Crippen LogP contribution in [-0.4, -0.2) is 15.5 Å². The number of nitrogens with zero attached hydrogens (tertiary/aromatic N) is 2. The SMILES string of the molecule is Cc1cccc(NC(=O)c2ccc(Cn3c(=O)c(C)nc4ccccc43)cc2)c1. The molecule has 4 rings (SSSR count). The van der Waals surface area contributed by atoms with Crippen LogP contribution in [0.15, 0.2) is 77.6 Å². The predicted octanol–water partition coefficient (Wildman–Crippen LogP) is 4.31. The van der Waals surface area contributed by atoms with Gasteiger partial charge >= 0.3 is 0 Å². The van der Waals surface area contributed by atoms with Crippen molar-refractivity contribution in [3.05, 3.63) is 106 Å². The maximum atomic E-state index is 12.6. The zero-order chi connectivity index (χ0) is 20.4. The molecule has 0 aliphatic heterocycles. The van der Waals surface area contributed by atoms with E-state index in [4.69, 9.17) is 0 Å². The van der Waals surface area contributed by atoms with E-state index in [1.54, 1.807) is 23.6 Å². The van der Waals surface area contributed by atoms with Crippen LogP contribution in [0.4, 0.5) is 5.69 Å². The molecule has 1 N–H and O–H groups in total. The lowest BCUT2D eigenvalue weighted by Crippen LogP contribution is -2.24. The first-order valence-electron chi connectivity index (χ1n) is 9.44. The number of amides is 1. The fraction of sp³-hybridized carbons (Fsp3) is 0.125. The van der Waals surface area contributed by atoms with E-state index in [2.05, 4.69) is 10.3 Å². The van der Waals surface area contributed by atoms with Gasteiger partial charge in [-0.3, -0.25) is 9.59 Å². The van der Waals surface area contributed by atoms with Gasteiger partial charge in [-0.15, -0.1) is 0 Å². The number of para-hydroxylation sites is 2. The number of hydrogen-bond acceptors (Lipinski definition) is 3. The maximum absolute atomic E-state index is 12.6. The second-order valence-electron chi connectivity index (χ2n) is 7.10. The Morgan fingerprint density at radius 2 is 1.72 bits per heavy atom. The van der Waals surface area contributed by atoms with E-state index in [9.17, 15) is 9.59 Å². The van der Waals surface area contributed by atoms with Crippen LogP contribution in [0.5, 0.6) is 0 Å². The maximum Gasteiger partial charge on any atom is 0.272 e. The summed E-state index contributed by atoms with van der Waals surface area (Å²) < 4.78 is 1.72. The number of rotatable bonds is 4. The molecule has 29 heavy (non-hydrogen) atoms. The van der Waals surface area contributed by atoms with E-state index in [0.29, 0.717) is 17.8 Å². The molecule has 0 radical (unpaired) electrons. The van der Waals surface area contributed by atoms with Crippen molar-refractivity contribution >= 4 is 22.6 Å². The zero-order valence-electron chi connectivity index (χ0n) is 16.3. The van der Waals surface area contributed by atoms with E-state index >= 15 is 0 Å². The van der Waals surface area contributed by atoms with Gasteiger partial charge in [0, 0.05) is 11.3 Å². The molecule has 5 heteroatoms. The molecule has 144 valence electrons. The Balaban J connectivity index is 1.58. The van der Waals surface area contributed by atoms with Gasteiger partial charge in [0.15, 0.2) is 0 Å². The minimum Gasteiger partial charge on any atom is -0.322 e. The molecule has 0 aliphatic carbocycles. The van der Waals surface area contributed by atoms with Crippen molar-refractivity contribution < 1.29 is 4.79 Å². The lowest BCUT2D eigenvalue weighted by Gasteiger charge is -2.12. The van der Waals surface area contributed by atoms with Crippen molar-refractivity contribution in [3.8, 4) is 0 Å². The Kier molecular flexibility index (Phi) is 4.96. The number of carbonyl (C=O) groups excluding carboxylic acids is 1. The summed E-state index contributed by atoms with van der Waals surface area (Å²) in [5.74, 6) is -0.162. The Bertz CT molecular complexity index is 1260. The molecule has 1 amide bonds. The fourth-order valence-corrected chi connectivity index (χ4v) is 3.35. The molecule has 0 unspecified atom stereocenters. The standard InChI is InChI=1S/C24H21N3O2/c1-16-6-5-7-20(14-16)26-23(28)19-12-10-18(11-13-19)15-27-22-9-4-3-8-21(22)25-17(2)24(27)29/h3-14H,15H2,1-2H3,(H,26,28). The first kappa shape index (κ1) is 18.6. The van der Waals surface area contributed by atoms with Crippen molar-refractivity contribution in [1.82, 2.24) is 9.55 Å². The summed E-state index contributed by atoms with van der Waals surface area (Å²) in [5, 5.41) is 2.91. The predicted molar refractivity (Wildman–Crippen MR) is 115 cm³/mol. The Morgan fingerprint density at radius 3 is 2.48 bits per heavy atom. The van der Waals surface area contributed by atoms with Gasteiger partial charge in [0.05, 0.1) is 17.6 Å². The van der Waals surface area contributed by atoms with Gasteiger partial charge in [-0.2, -0.15) is 0 Å². The van der Waals surface area contributed by atoms with E-state index in [1.807, 2.05) is 67.6 Å². The highest BCUT2D eigenvalue weighted by Gasteiger charge is 2.10. The molecule has 0 atom stereocenters. The number of aryl methyl sites for hydroxylation is 2. The molecule has 0 bridgehead atoms. The molecular formula is C24H21N3O2. The Hall–Kier alpha value is -3.73. The molecule has 4 aromatic rings. The van der Waals surface area contributed by atoms with Gasteiger partial charge in [-0.05, 0) is 61.4 Å². The van der Waals surface area contributed by atoms with Gasteiger partial charge in [-0.25, -0.2) is 4.98 Å². The van der Waals surface area contributed by atoms with Gasteiger partial charge in [0.25, 0.3) is 11.5 Å². The topological polar surface area (TPSA) is 64.0 Å². The van der Waals surface area contributed by atoms with Crippen LogP contribution in [0.2, 0.25) is 0 Å². The summed E-state index contributed by atoms with van der Waals surface area (Å²) in [4.78, 5) is 29.5.